The lowest BCUT2D eigenvalue weighted by Gasteiger charge is -2.17. The molecule has 28 heavy (non-hydrogen) atoms. The molecule has 0 aliphatic carbocycles. The second-order valence-corrected chi connectivity index (χ2v) is 6.31. The molecule has 1 aromatic carbocycles. The zero-order chi connectivity index (χ0) is 19.5. The molecule has 3 aromatic rings. The fourth-order valence-corrected chi connectivity index (χ4v) is 3.08. The molecule has 1 aliphatic rings. The molecule has 1 aliphatic heterocycles. The number of nitrogens with zero attached hydrogens (tertiary/aromatic N) is 5. The van der Waals surface area contributed by atoms with Gasteiger partial charge in [0, 0.05) is 43.2 Å². The molecular formula is C19H18N6O3. The third-order valence-corrected chi connectivity index (χ3v) is 4.50. The summed E-state index contributed by atoms with van der Waals surface area (Å²) in [6.45, 7) is 0.301. The highest BCUT2D eigenvalue weighted by molar-refractivity contribution is 6.03. The van der Waals surface area contributed by atoms with E-state index in [-0.39, 0.29) is 18.2 Å². The SMILES string of the molecule is COc1cccc(N2CC(C(=O)Nc3cc(-n4cccn4)ncn3)CC2=O)c1. The molecule has 0 saturated carbocycles. The minimum Gasteiger partial charge on any atom is -0.497 e. The van der Waals surface area contributed by atoms with E-state index in [0.717, 1.165) is 0 Å². The molecular weight excluding hydrogens is 360 g/mol. The van der Waals surface area contributed by atoms with E-state index in [1.54, 1.807) is 53.4 Å². The van der Waals surface area contributed by atoms with E-state index in [9.17, 15) is 9.59 Å². The number of rotatable bonds is 5. The Bertz CT molecular complexity index is 1000. The molecule has 1 fully saturated rings. The highest BCUT2D eigenvalue weighted by atomic mass is 16.5. The summed E-state index contributed by atoms with van der Waals surface area (Å²) in [5, 5.41) is 6.87. The first-order valence-electron chi connectivity index (χ1n) is 8.71. The maximum atomic E-state index is 12.7. The van der Waals surface area contributed by atoms with Crippen LogP contribution >= 0.6 is 0 Å². The maximum Gasteiger partial charge on any atom is 0.230 e. The molecule has 1 atom stereocenters. The van der Waals surface area contributed by atoms with Crippen molar-refractivity contribution in [3.05, 3.63) is 55.1 Å². The van der Waals surface area contributed by atoms with Crippen molar-refractivity contribution in [2.75, 3.05) is 23.9 Å². The van der Waals surface area contributed by atoms with Crippen molar-refractivity contribution in [1.82, 2.24) is 19.7 Å². The quantitative estimate of drug-likeness (QED) is 0.724. The van der Waals surface area contributed by atoms with Crippen LogP contribution in [0.1, 0.15) is 6.42 Å². The number of anilines is 2. The number of aromatic nitrogens is 4. The number of amides is 2. The van der Waals surface area contributed by atoms with Crippen LogP contribution < -0.4 is 15.0 Å². The third kappa shape index (κ3) is 3.54. The first kappa shape index (κ1) is 17.7. The van der Waals surface area contributed by atoms with Crippen molar-refractivity contribution in [2.45, 2.75) is 6.42 Å². The summed E-state index contributed by atoms with van der Waals surface area (Å²) in [6, 6.07) is 10.6. The first-order chi connectivity index (χ1) is 13.6. The lowest BCUT2D eigenvalue weighted by atomic mass is 10.1. The Morgan fingerprint density at radius 1 is 1.25 bits per heavy atom. The van der Waals surface area contributed by atoms with E-state index < -0.39 is 5.92 Å². The summed E-state index contributed by atoms with van der Waals surface area (Å²) < 4.78 is 6.78. The number of ether oxygens (including phenoxy) is 1. The maximum absolute atomic E-state index is 12.7. The van der Waals surface area contributed by atoms with Gasteiger partial charge in [-0.3, -0.25) is 9.59 Å². The van der Waals surface area contributed by atoms with Gasteiger partial charge in [-0.2, -0.15) is 5.10 Å². The smallest absolute Gasteiger partial charge is 0.230 e. The zero-order valence-corrected chi connectivity index (χ0v) is 15.1. The number of hydrogen-bond acceptors (Lipinski definition) is 6. The van der Waals surface area contributed by atoms with Crippen LogP contribution in [0.5, 0.6) is 5.75 Å². The molecule has 0 spiro atoms. The average Bonchev–Trinajstić information content (AvgIpc) is 3.38. The van der Waals surface area contributed by atoms with Crippen molar-refractivity contribution >= 4 is 23.3 Å². The highest BCUT2D eigenvalue weighted by Gasteiger charge is 2.35. The van der Waals surface area contributed by atoms with Crippen molar-refractivity contribution < 1.29 is 14.3 Å². The van der Waals surface area contributed by atoms with Gasteiger partial charge >= 0.3 is 0 Å². The topological polar surface area (TPSA) is 102 Å². The Morgan fingerprint density at radius 3 is 2.93 bits per heavy atom. The van der Waals surface area contributed by atoms with Gasteiger partial charge in [0.15, 0.2) is 5.82 Å². The predicted octanol–water partition coefficient (Wildman–Crippen LogP) is 1.66. The van der Waals surface area contributed by atoms with Crippen LogP contribution in [0, 0.1) is 5.92 Å². The number of carbonyl (C=O) groups excluding carboxylic acids is 2. The van der Waals surface area contributed by atoms with Crippen molar-refractivity contribution in [3.8, 4) is 11.6 Å². The highest BCUT2D eigenvalue weighted by Crippen LogP contribution is 2.28. The summed E-state index contributed by atoms with van der Waals surface area (Å²) in [4.78, 5) is 34.9. The largest absolute Gasteiger partial charge is 0.497 e. The summed E-state index contributed by atoms with van der Waals surface area (Å²) in [6.07, 6.45) is 4.88. The van der Waals surface area contributed by atoms with Crippen LogP contribution in [0.3, 0.4) is 0 Å². The Hall–Kier alpha value is -3.75. The van der Waals surface area contributed by atoms with Gasteiger partial charge in [0.25, 0.3) is 0 Å². The molecule has 2 amide bonds. The van der Waals surface area contributed by atoms with Gasteiger partial charge in [0.2, 0.25) is 11.8 Å². The molecule has 1 unspecified atom stereocenters. The number of benzene rings is 1. The molecule has 1 saturated heterocycles. The Labute approximate surface area is 161 Å². The average molecular weight is 378 g/mol. The van der Waals surface area contributed by atoms with Crippen LogP contribution in [0.25, 0.3) is 5.82 Å². The lowest BCUT2D eigenvalue weighted by molar-refractivity contribution is -0.122. The molecule has 9 nitrogen and oxygen atoms in total. The second-order valence-electron chi connectivity index (χ2n) is 6.31. The molecule has 142 valence electrons. The van der Waals surface area contributed by atoms with Crippen molar-refractivity contribution in [1.29, 1.82) is 0 Å². The summed E-state index contributed by atoms with van der Waals surface area (Å²) in [7, 11) is 1.57. The monoisotopic (exact) mass is 378 g/mol. The first-order valence-corrected chi connectivity index (χ1v) is 8.71. The number of hydrogen-bond donors (Lipinski definition) is 1. The van der Waals surface area contributed by atoms with Crippen LogP contribution in [0.15, 0.2) is 55.1 Å². The number of methoxy groups -OCH3 is 1. The Kier molecular flexibility index (Phi) is 4.71. The molecule has 0 radical (unpaired) electrons. The van der Waals surface area contributed by atoms with Crippen LogP contribution in [0.4, 0.5) is 11.5 Å². The van der Waals surface area contributed by atoms with E-state index in [1.165, 1.54) is 6.33 Å². The molecule has 2 aromatic heterocycles. The minimum absolute atomic E-state index is 0.103. The normalized spacial score (nSPS) is 16.2. The second kappa shape index (κ2) is 7.47. The van der Waals surface area contributed by atoms with E-state index in [2.05, 4.69) is 20.4 Å². The zero-order valence-electron chi connectivity index (χ0n) is 15.1. The molecule has 0 bridgehead atoms. The van der Waals surface area contributed by atoms with Gasteiger partial charge in [-0.1, -0.05) is 6.07 Å². The lowest BCUT2D eigenvalue weighted by Crippen LogP contribution is -2.28. The van der Waals surface area contributed by atoms with Crippen LogP contribution in [0.2, 0.25) is 0 Å². The van der Waals surface area contributed by atoms with Crippen LogP contribution in [-0.2, 0) is 9.59 Å². The van der Waals surface area contributed by atoms with Gasteiger partial charge in [-0.25, -0.2) is 14.6 Å². The van der Waals surface area contributed by atoms with Gasteiger partial charge in [-0.05, 0) is 18.2 Å². The van der Waals surface area contributed by atoms with Crippen molar-refractivity contribution in [2.24, 2.45) is 5.92 Å². The third-order valence-electron chi connectivity index (χ3n) is 4.50. The fourth-order valence-electron chi connectivity index (χ4n) is 3.08. The van der Waals surface area contributed by atoms with Gasteiger partial charge in [0.05, 0.1) is 13.0 Å². The van der Waals surface area contributed by atoms with E-state index in [4.69, 9.17) is 4.74 Å². The van der Waals surface area contributed by atoms with E-state index in [0.29, 0.717) is 29.6 Å². The van der Waals surface area contributed by atoms with Gasteiger partial charge in [-0.15, -0.1) is 0 Å². The summed E-state index contributed by atoms with van der Waals surface area (Å²) in [5.74, 6) is 0.720. The molecule has 4 rings (SSSR count). The van der Waals surface area contributed by atoms with E-state index >= 15 is 0 Å². The van der Waals surface area contributed by atoms with Gasteiger partial charge in [0.1, 0.15) is 17.9 Å². The molecule has 3 heterocycles. The van der Waals surface area contributed by atoms with Crippen molar-refractivity contribution in [3.63, 3.8) is 0 Å². The Morgan fingerprint density at radius 2 is 2.14 bits per heavy atom. The fraction of sp³-hybridized carbons (Fsp3) is 0.211. The molecule has 1 N–H and O–H groups in total. The van der Waals surface area contributed by atoms with Gasteiger partial charge < -0.3 is 15.0 Å². The molecule has 9 heteroatoms. The number of carbonyl (C=O) groups is 2. The standard InChI is InChI=1S/C19H18N6O3/c1-28-15-5-2-4-14(9-15)24-11-13(8-18(24)26)19(27)23-16-10-17(21-12-20-16)25-7-3-6-22-25/h2-7,9-10,12-13H,8,11H2,1H3,(H,20,21,23,27). The van der Waals surface area contributed by atoms with Crippen LogP contribution in [-0.4, -0.2) is 45.2 Å². The summed E-state index contributed by atoms with van der Waals surface area (Å²) in [5.41, 5.74) is 0.711. The Balaban J connectivity index is 1.46. The van der Waals surface area contributed by atoms with E-state index in [1.807, 2.05) is 12.1 Å². The summed E-state index contributed by atoms with van der Waals surface area (Å²) >= 11 is 0. The number of nitrogens with one attached hydrogen (secondary N) is 1. The predicted molar refractivity (Wildman–Crippen MR) is 101 cm³/mol. The minimum atomic E-state index is -0.471.